The molecule has 1 fully saturated rings. The molecule has 0 aliphatic carbocycles. The first kappa shape index (κ1) is 13.7. The van der Waals surface area contributed by atoms with Crippen molar-refractivity contribution in [3.63, 3.8) is 0 Å². The molecule has 0 aromatic heterocycles. The first-order chi connectivity index (χ1) is 8.74. The van der Waals surface area contributed by atoms with Gasteiger partial charge in [0.2, 0.25) is 0 Å². The number of hydrogen-bond donors (Lipinski definition) is 2. The maximum atomic E-state index is 9.22. The number of rotatable bonds is 3. The molecule has 18 heavy (non-hydrogen) atoms. The van der Waals surface area contributed by atoms with Gasteiger partial charge in [-0.1, -0.05) is 17.7 Å². The number of anilines is 1. The molecule has 0 amide bonds. The van der Waals surface area contributed by atoms with Crippen molar-refractivity contribution < 1.29 is 5.11 Å². The first-order valence-electron chi connectivity index (χ1n) is 6.57. The summed E-state index contributed by atoms with van der Waals surface area (Å²) in [6.45, 7) is 5.26. The van der Waals surface area contributed by atoms with E-state index in [1.807, 2.05) is 12.1 Å². The molecule has 0 radical (unpaired) electrons. The predicted octanol–water partition coefficient (Wildman–Crippen LogP) is 2.20. The fourth-order valence-electron chi connectivity index (χ4n) is 2.57. The molecule has 1 aromatic carbocycles. The lowest BCUT2D eigenvalue weighted by Gasteiger charge is -2.33. The zero-order valence-corrected chi connectivity index (χ0v) is 11.6. The minimum atomic E-state index is 0.225. The average Bonchev–Trinajstić information content (AvgIpc) is 2.59. The third kappa shape index (κ3) is 2.97. The molecule has 1 aromatic rings. The Kier molecular flexibility index (Phi) is 4.87. The van der Waals surface area contributed by atoms with Crippen molar-refractivity contribution in [2.24, 2.45) is 0 Å². The van der Waals surface area contributed by atoms with Gasteiger partial charge < -0.3 is 15.3 Å². The van der Waals surface area contributed by atoms with E-state index in [2.05, 4.69) is 23.2 Å². The molecule has 1 atom stereocenters. The molecule has 1 unspecified atom stereocenters. The Bertz CT molecular complexity index is 397. The van der Waals surface area contributed by atoms with Gasteiger partial charge in [-0.2, -0.15) is 0 Å². The molecule has 0 spiro atoms. The van der Waals surface area contributed by atoms with Gasteiger partial charge in [-0.3, -0.25) is 0 Å². The summed E-state index contributed by atoms with van der Waals surface area (Å²) in [5, 5.41) is 13.5. The molecule has 2 N–H and O–H groups in total. The Morgan fingerprint density at radius 1 is 1.50 bits per heavy atom. The van der Waals surface area contributed by atoms with E-state index >= 15 is 0 Å². The zero-order chi connectivity index (χ0) is 13.0. The molecule has 0 bridgehead atoms. The first-order valence-corrected chi connectivity index (χ1v) is 6.95. The van der Waals surface area contributed by atoms with Crippen LogP contribution in [0, 0.1) is 6.92 Å². The SMILES string of the molecule is Cc1c(Cl)cccc1N1CCCNCC1CCO. The van der Waals surface area contributed by atoms with Crippen LogP contribution in [0.25, 0.3) is 0 Å². The van der Waals surface area contributed by atoms with Gasteiger partial charge in [-0.15, -0.1) is 0 Å². The van der Waals surface area contributed by atoms with Crippen molar-refractivity contribution in [3.05, 3.63) is 28.8 Å². The molecule has 1 aliphatic rings. The molecule has 4 heteroatoms. The van der Waals surface area contributed by atoms with Crippen LogP contribution in [0.2, 0.25) is 5.02 Å². The van der Waals surface area contributed by atoms with E-state index in [0.717, 1.165) is 43.1 Å². The van der Waals surface area contributed by atoms with Crippen molar-refractivity contribution in [2.75, 3.05) is 31.1 Å². The zero-order valence-electron chi connectivity index (χ0n) is 10.8. The van der Waals surface area contributed by atoms with Gasteiger partial charge in [-0.25, -0.2) is 0 Å². The van der Waals surface area contributed by atoms with Crippen LogP contribution in [0.5, 0.6) is 0 Å². The minimum Gasteiger partial charge on any atom is -0.396 e. The molecule has 0 saturated carbocycles. The molecule has 1 heterocycles. The van der Waals surface area contributed by atoms with Gasteiger partial charge in [0, 0.05) is 36.4 Å². The maximum Gasteiger partial charge on any atom is 0.0455 e. The van der Waals surface area contributed by atoms with E-state index in [9.17, 15) is 5.11 Å². The van der Waals surface area contributed by atoms with Crippen LogP contribution < -0.4 is 10.2 Å². The van der Waals surface area contributed by atoms with Crippen LogP contribution in [0.4, 0.5) is 5.69 Å². The lowest BCUT2D eigenvalue weighted by atomic mass is 10.1. The number of nitrogens with zero attached hydrogens (tertiary/aromatic N) is 1. The second-order valence-electron chi connectivity index (χ2n) is 4.80. The van der Waals surface area contributed by atoms with Crippen LogP contribution in [-0.2, 0) is 0 Å². The van der Waals surface area contributed by atoms with Crippen molar-refractivity contribution in [1.82, 2.24) is 5.32 Å². The summed E-state index contributed by atoms with van der Waals surface area (Å²) in [5.74, 6) is 0. The Hall–Kier alpha value is -0.770. The van der Waals surface area contributed by atoms with E-state index < -0.39 is 0 Å². The number of nitrogens with one attached hydrogen (secondary N) is 1. The number of aliphatic hydroxyl groups excluding tert-OH is 1. The lowest BCUT2D eigenvalue weighted by molar-refractivity contribution is 0.273. The third-order valence-electron chi connectivity index (χ3n) is 3.58. The van der Waals surface area contributed by atoms with Gasteiger partial charge in [0.15, 0.2) is 0 Å². The van der Waals surface area contributed by atoms with Crippen molar-refractivity contribution in [2.45, 2.75) is 25.8 Å². The summed E-state index contributed by atoms with van der Waals surface area (Å²) in [7, 11) is 0. The highest BCUT2D eigenvalue weighted by Crippen LogP contribution is 2.29. The van der Waals surface area contributed by atoms with E-state index in [1.54, 1.807) is 0 Å². The molecular formula is C14H21ClN2O. The Morgan fingerprint density at radius 3 is 3.11 bits per heavy atom. The summed E-state index contributed by atoms with van der Waals surface area (Å²) in [5.41, 5.74) is 2.33. The van der Waals surface area contributed by atoms with Crippen LogP contribution in [0.15, 0.2) is 18.2 Å². The summed E-state index contributed by atoms with van der Waals surface area (Å²) < 4.78 is 0. The highest BCUT2D eigenvalue weighted by atomic mass is 35.5. The van der Waals surface area contributed by atoms with E-state index in [1.165, 1.54) is 5.69 Å². The van der Waals surface area contributed by atoms with Crippen molar-refractivity contribution >= 4 is 17.3 Å². The Balaban J connectivity index is 2.28. The van der Waals surface area contributed by atoms with Gasteiger partial charge in [0.1, 0.15) is 0 Å². The largest absolute Gasteiger partial charge is 0.396 e. The molecule has 100 valence electrons. The summed E-state index contributed by atoms with van der Waals surface area (Å²) >= 11 is 6.21. The smallest absolute Gasteiger partial charge is 0.0455 e. The Labute approximate surface area is 114 Å². The topological polar surface area (TPSA) is 35.5 Å². The normalized spacial score (nSPS) is 20.8. The fourth-order valence-corrected chi connectivity index (χ4v) is 2.74. The van der Waals surface area contributed by atoms with E-state index in [0.29, 0.717) is 6.04 Å². The van der Waals surface area contributed by atoms with Crippen molar-refractivity contribution in [3.8, 4) is 0 Å². The highest BCUT2D eigenvalue weighted by molar-refractivity contribution is 6.31. The fraction of sp³-hybridized carbons (Fsp3) is 0.571. The quantitative estimate of drug-likeness (QED) is 0.882. The van der Waals surface area contributed by atoms with Gasteiger partial charge in [-0.05, 0) is 44.0 Å². The second-order valence-corrected chi connectivity index (χ2v) is 5.21. The molecule has 2 rings (SSSR count). The van der Waals surface area contributed by atoms with Gasteiger partial charge >= 0.3 is 0 Å². The summed E-state index contributed by atoms with van der Waals surface area (Å²) in [6.07, 6.45) is 1.91. The predicted molar refractivity (Wildman–Crippen MR) is 76.5 cm³/mol. The minimum absolute atomic E-state index is 0.225. The second kappa shape index (κ2) is 6.41. The number of hydrogen-bond acceptors (Lipinski definition) is 3. The number of halogens is 1. The van der Waals surface area contributed by atoms with Crippen LogP contribution in [-0.4, -0.2) is 37.4 Å². The third-order valence-corrected chi connectivity index (χ3v) is 3.99. The molecule has 1 saturated heterocycles. The highest BCUT2D eigenvalue weighted by Gasteiger charge is 2.22. The summed E-state index contributed by atoms with van der Waals surface area (Å²) in [4.78, 5) is 2.39. The summed E-state index contributed by atoms with van der Waals surface area (Å²) in [6, 6.07) is 6.39. The van der Waals surface area contributed by atoms with Gasteiger partial charge in [0.25, 0.3) is 0 Å². The monoisotopic (exact) mass is 268 g/mol. The van der Waals surface area contributed by atoms with Crippen molar-refractivity contribution in [1.29, 1.82) is 0 Å². The van der Waals surface area contributed by atoms with E-state index in [-0.39, 0.29) is 6.61 Å². The van der Waals surface area contributed by atoms with Crippen LogP contribution in [0.1, 0.15) is 18.4 Å². The lowest BCUT2D eigenvalue weighted by Crippen LogP contribution is -2.40. The number of benzene rings is 1. The number of aliphatic hydroxyl groups is 1. The standard InChI is InChI=1S/C14H21ClN2O/c1-11-13(15)4-2-5-14(11)17-8-3-7-16-10-12(17)6-9-18/h2,4-5,12,16,18H,3,6-10H2,1H3. The van der Waals surface area contributed by atoms with Gasteiger partial charge in [0.05, 0.1) is 0 Å². The van der Waals surface area contributed by atoms with E-state index in [4.69, 9.17) is 11.6 Å². The van der Waals surface area contributed by atoms with Crippen LogP contribution >= 0.6 is 11.6 Å². The molecular weight excluding hydrogens is 248 g/mol. The Morgan fingerprint density at radius 2 is 2.33 bits per heavy atom. The average molecular weight is 269 g/mol. The van der Waals surface area contributed by atoms with Crippen LogP contribution in [0.3, 0.4) is 0 Å². The molecule has 3 nitrogen and oxygen atoms in total. The molecule has 1 aliphatic heterocycles. The maximum absolute atomic E-state index is 9.22.